The van der Waals surface area contributed by atoms with Crippen LogP contribution in [0.5, 0.6) is 0 Å². The summed E-state index contributed by atoms with van der Waals surface area (Å²) in [4.78, 5) is 21.3. The van der Waals surface area contributed by atoms with E-state index < -0.39 is 0 Å². The second kappa shape index (κ2) is 4.24. The lowest BCUT2D eigenvalue weighted by molar-refractivity contribution is -0.121. The van der Waals surface area contributed by atoms with Gasteiger partial charge in [-0.05, 0) is 12.8 Å². The molecule has 1 rings (SSSR count). The lowest BCUT2D eigenvalue weighted by Gasteiger charge is -2.27. The Hall–Kier alpha value is -0.860. The molecule has 2 atom stereocenters. The quantitative estimate of drug-likeness (QED) is 0.624. The monoisotopic (exact) mass is 169 g/mol. The minimum Gasteiger partial charge on any atom is -0.353 e. The van der Waals surface area contributed by atoms with Crippen LogP contribution in [0.3, 0.4) is 0 Å². The number of carbonyl (C=O) groups excluding carboxylic acids is 2. The Bertz CT molecular complexity index is 179. The lowest BCUT2D eigenvalue weighted by Crippen LogP contribution is -2.41. The Kier molecular flexibility index (Phi) is 3.26. The molecule has 0 aromatic carbocycles. The van der Waals surface area contributed by atoms with E-state index in [4.69, 9.17) is 0 Å². The number of nitrogens with one attached hydrogen (secondary N) is 1. The van der Waals surface area contributed by atoms with Crippen molar-refractivity contribution in [2.45, 2.75) is 38.6 Å². The summed E-state index contributed by atoms with van der Waals surface area (Å²) in [5.41, 5.74) is 0. The first kappa shape index (κ1) is 9.23. The maximum atomic E-state index is 10.7. The predicted octanol–water partition coefficient (Wildman–Crippen LogP) is 0.880. The zero-order valence-corrected chi connectivity index (χ0v) is 7.38. The lowest BCUT2D eigenvalue weighted by atomic mass is 9.85. The van der Waals surface area contributed by atoms with Gasteiger partial charge in [0.05, 0.1) is 0 Å². The Labute approximate surface area is 72.5 Å². The Balaban J connectivity index is 2.46. The minimum absolute atomic E-state index is 0.0336. The van der Waals surface area contributed by atoms with E-state index in [1.165, 1.54) is 6.92 Å². The molecule has 0 aromatic heterocycles. The summed E-state index contributed by atoms with van der Waals surface area (Å²) in [5, 5.41) is 2.81. The fourth-order valence-corrected chi connectivity index (χ4v) is 1.76. The van der Waals surface area contributed by atoms with Gasteiger partial charge in [-0.25, -0.2) is 0 Å². The molecule has 0 radical (unpaired) electrons. The van der Waals surface area contributed by atoms with Crippen LogP contribution in [-0.2, 0) is 9.59 Å². The van der Waals surface area contributed by atoms with Crippen molar-refractivity contribution in [3.63, 3.8) is 0 Å². The highest BCUT2D eigenvalue weighted by molar-refractivity contribution is 5.74. The summed E-state index contributed by atoms with van der Waals surface area (Å²) in [7, 11) is 0. The van der Waals surface area contributed by atoms with E-state index in [1.54, 1.807) is 0 Å². The van der Waals surface area contributed by atoms with Gasteiger partial charge in [0.15, 0.2) is 0 Å². The molecular weight excluding hydrogens is 154 g/mol. The van der Waals surface area contributed by atoms with Crippen LogP contribution in [0, 0.1) is 5.92 Å². The molecule has 1 amide bonds. The van der Waals surface area contributed by atoms with Crippen LogP contribution in [0.25, 0.3) is 0 Å². The van der Waals surface area contributed by atoms with Crippen LogP contribution in [0.1, 0.15) is 32.6 Å². The SMILES string of the molecule is CC(=O)N[C@@H]1CCCC[C@H]1C=O. The molecule has 0 spiro atoms. The number of hydrogen-bond donors (Lipinski definition) is 1. The van der Waals surface area contributed by atoms with Gasteiger partial charge in [0.25, 0.3) is 0 Å². The summed E-state index contributed by atoms with van der Waals surface area (Å²) < 4.78 is 0. The molecule has 1 fully saturated rings. The molecule has 0 unspecified atom stereocenters. The van der Waals surface area contributed by atoms with Crippen LogP contribution < -0.4 is 5.32 Å². The molecule has 0 bridgehead atoms. The van der Waals surface area contributed by atoms with Gasteiger partial charge in [0.1, 0.15) is 6.29 Å². The Morgan fingerprint density at radius 2 is 2.08 bits per heavy atom. The largest absolute Gasteiger partial charge is 0.353 e. The van der Waals surface area contributed by atoms with Crippen molar-refractivity contribution >= 4 is 12.2 Å². The van der Waals surface area contributed by atoms with Gasteiger partial charge in [-0.15, -0.1) is 0 Å². The summed E-state index contributed by atoms with van der Waals surface area (Å²) in [5.74, 6) is 0.0106. The van der Waals surface area contributed by atoms with Gasteiger partial charge < -0.3 is 10.1 Å². The average molecular weight is 169 g/mol. The number of rotatable bonds is 2. The summed E-state index contributed by atoms with van der Waals surface area (Å²) in [6.45, 7) is 1.50. The van der Waals surface area contributed by atoms with E-state index in [-0.39, 0.29) is 17.9 Å². The van der Waals surface area contributed by atoms with Crippen molar-refractivity contribution in [1.82, 2.24) is 5.32 Å². The minimum atomic E-state index is -0.0336. The Morgan fingerprint density at radius 1 is 1.42 bits per heavy atom. The highest BCUT2D eigenvalue weighted by Crippen LogP contribution is 2.22. The third-order valence-corrected chi connectivity index (χ3v) is 2.38. The van der Waals surface area contributed by atoms with E-state index in [1.807, 2.05) is 0 Å². The number of aldehydes is 1. The summed E-state index contributed by atoms with van der Waals surface area (Å²) in [6.07, 6.45) is 5.08. The van der Waals surface area contributed by atoms with E-state index in [9.17, 15) is 9.59 Å². The van der Waals surface area contributed by atoms with Crippen molar-refractivity contribution in [2.75, 3.05) is 0 Å². The van der Waals surface area contributed by atoms with Gasteiger partial charge in [-0.1, -0.05) is 12.8 Å². The third-order valence-electron chi connectivity index (χ3n) is 2.38. The second-order valence-corrected chi connectivity index (χ2v) is 3.39. The maximum absolute atomic E-state index is 10.7. The summed E-state index contributed by atoms with van der Waals surface area (Å²) in [6, 6.07) is 0.0914. The molecule has 3 heteroatoms. The van der Waals surface area contributed by atoms with Crippen LogP contribution in [0.15, 0.2) is 0 Å². The molecule has 0 saturated heterocycles. The molecule has 1 N–H and O–H groups in total. The number of carbonyl (C=O) groups is 2. The van der Waals surface area contributed by atoms with Gasteiger partial charge in [0.2, 0.25) is 5.91 Å². The van der Waals surface area contributed by atoms with Crippen molar-refractivity contribution in [2.24, 2.45) is 5.92 Å². The topological polar surface area (TPSA) is 46.2 Å². The van der Waals surface area contributed by atoms with Crippen LogP contribution in [0.2, 0.25) is 0 Å². The molecule has 1 aliphatic rings. The normalized spacial score (nSPS) is 29.4. The molecule has 68 valence electrons. The molecule has 1 saturated carbocycles. The van der Waals surface area contributed by atoms with Gasteiger partial charge in [0, 0.05) is 18.9 Å². The van der Waals surface area contributed by atoms with E-state index in [2.05, 4.69) is 5.32 Å². The first-order valence-electron chi connectivity index (χ1n) is 4.46. The zero-order valence-electron chi connectivity index (χ0n) is 7.38. The van der Waals surface area contributed by atoms with Crippen LogP contribution in [0.4, 0.5) is 0 Å². The van der Waals surface area contributed by atoms with Gasteiger partial charge >= 0.3 is 0 Å². The molecule has 0 aromatic rings. The van der Waals surface area contributed by atoms with E-state index in [0.29, 0.717) is 0 Å². The maximum Gasteiger partial charge on any atom is 0.217 e. The molecule has 12 heavy (non-hydrogen) atoms. The van der Waals surface area contributed by atoms with Crippen molar-refractivity contribution < 1.29 is 9.59 Å². The molecule has 1 aliphatic carbocycles. The van der Waals surface area contributed by atoms with E-state index in [0.717, 1.165) is 32.0 Å². The van der Waals surface area contributed by atoms with Crippen molar-refractivity contribution in [3.05, 3.63) is 0 Å². The van der Waals surface area contributed by atoms with Crippen LogP contribution >= 0.6 is 0 Å². The molecule has 0 aliphatic heterocycles. The smallest absolute Gasteiger partial charge is 0.217 e. The molecule has 0 heterocycles. The first-order valence-corrected chi connectivity index (χ1v) is 4.46. The van der Waals surface area contributed by atoms with Crippen LogP contribution in [-0.4, -0.2) is 18.2 Å². The zero-order chi connectivity index (χ0) is 8.97. The fraction of sp³-hybridized carbons (Fsp3) is 0.778. The number of amides is 1. The second-order valence-electron chi connectivity index (χ2n) is 3.39. The molecule has 3 nitrogen and oxygen atoms in total. The van der Waals surface area contributed by atoms with Crippen molar-refractivity contribution in [1.29, 1.82) is 0 Å². The van der Waals surface area contributed by atoms with E-state index >= 15 is 0 Å². The van der Waals surface area contributed by atoms with Gasteiger partial charge in [-0.2, -0.15) is 0 Å². The Morgan fingerprint density at radius 3 is 2.67 bits per heavy atom. The first-order chi connectivity index (χ1) is 5.74. The highest BCUT2D eigenvalue weighted by atomic mass is 16.1. The third kappa shape index (κ3) is 2.32. The van der Waals surface area contributed by atoms with Crippen molar-refractivity contribution in [3.8, 4) is 0 Å². The predicted molar refractivity (Wildman–Crippen MR) is 45.6 cm³/mol. The summed E-state index contributed by atoms with van der Waals surface area (Å²) >= 11 is 0. The standard InChI is InChI=1S/C9H15NO2/c1-7(12)10-9-5-3-2-4-8(9)6-11/h6,8-9H,2-5H2,1H3,(H,10,12)/t8-,9+/m0/s1. The highest BCUT2D eigenvalue weighted by Gasteiger charge is 2.24. The fourth-order valence-electron chi connectivity index (χ4n) is 1.76. The number of hydrogen-bond acceptors (Lipinski definition) is 2. The average Bonchev–Trinajstić information content (AvgIpc) is 2.04. The molecular formula is C9H15NO2. The van der Waals surface area contributed by atoms with Gasteiger partial charge in [-0.3, -0.25) is 4.79 Å².